The van der Waals surface area contributed by atoms with Crippen LogP contribution in [0, 0.1) is 0 Å². The largest absolute Gasteiger partial charge is 0.310 e. The molecule has 2 bridgehead atoms. The van der Waals surface area contributed by atoms with Gasteiger partial charge in [-0.2, -0.15) is 0 Å². The lowest BCUT2D eigenvalue weighted by molar-refractivity contribution is 0.194. The Balaban J connectivity index is 2.05. The number of rotatable bonds is 2. The van der Waals surface area contributed by atoms with Crippen molar-refractivity contribution < 1.29 is 0 Å². The van der Waals surface area contributed by atoms with Crippen molar-refractivity contribution in [2.75, 3.05) is 0 Å². The Morgan fingerprint density at radius 3 is 1.73 bits per heavy atom. The predicted octanol–water partition coefficient (Wildman–Crippen LogP) is 2.26. The molecule has 0 aromatic heterocycles. The van der Waals surface area contributed by atoms with Crippen molar-refractivity contribution in [3.05, 3.63) is 20.9 Å². The Bertz CT molecular complexity index is 296. The van der Waals surface area contributed by atoms with Crippen LogP contribution in [0.5, 0.6) is 0 Å². The third-order valence-corrected chi connectivity index (χ3v) is 3.30. The predicted molar refractivity (Wildman–Crippen MR) is 55.0 cm³/mol. The molecule has 4 atom stereocenters. The molecule has 7 heteroatoms. The van der Waals surface area contributed by atoms with Gasteiger partial charge in [0.1, 0.15) is 0 Å². The van der Waals surface area contributed by atoms with E-state index in [-0.39, 0.29) is 24.2 Å². The summed E-state index contributed by atoms with van der Waals surface area (Å²) in [4.78, 5) is 5.73. The van der Waals surface area contributed by atoms with Gasteiger partial charge in [-0.05, 0) is 36.7 Å². The van der Waals surface area contributed by atoms with Gasteiger partial charge in [-0.15, -0.1) is 0 Å². The summed E-state index contributed by atoms with van der Waals surface area (Å²) in [6.45, 7) is 0. The fourth-order valence-corrected chi connectivity index (χ4v) is 2.56. The molecule has 4 unspecified atom stereocenters. The number of nitrogens with zero attached hydrogens (tertiary/aromatic N) is 6. The minimum Gasteiger partial charge on any atom is -0.310 e. The van der Waals surface area contributed by atoms with E-state index in [0.29, 0.717) is 0 Å². The molecule has 15 heavy (non-hydrogen) atoms. The summed E-state index contributed by atoms with van der Waals surface area (Å²) in [6.07, 6.45) is 3.63. The van der Waals surface area contributed by atoms with Crippen LogP contribution in [0.25, 0.3) is 20.9 Å². The lowest BCUT2D eigenvalue weighted by atomic mass is 9.81. The van der Waals surface area contributed by atoms with Crippen molar-refractivity contribution in [3.63, 3.8) is 0 Å². The van der Waals surface area contributed by atoms with Crippen LogP contribution in [0.1, 0.15) is 25.7 Å². The summed E-state index contributed by atoms with van der Waals surface area (Å²) in [5.41, 5.74) is 16.8. The van der Waals surface area contributed by atoms with E-state index in [1.54, 1.807) is 0 Å². The zero-order valence-electron chi connectivity index (χ0n) is 8.32. The van der Waals surface area contributed by atoms with Crippen molar-refractivity contribution in [2.45, 2.75) is 49.9 Å². The highest BCUT2D eigenvalue weighted by atomic mass is 15.2. The third kappa shape index (κ3) is 1.99. The summed E-state index contributed by atoms with van der Waals surface area (Å²) in [5.74, 6) is 0. The Hall–Kier alpha value is -1.42. The van der Waals surface area contributed by atoms with Gasteiger partial charge >= 0.3 is 0 Å². The maximum absolute atomic E-state index is 8.42. The van der Waals surface area contributed by atoms with Gasteiger partial charge in [0.25, 0.3) is 0 Å². The number of piperidine rings is 2. The Morgan fingerprint density at radius 1 is 0.867 bits per heavy atom. The minimum absolute atomic E-state index is 0.0678. The zero-order valence-corrected chi connectivity index (χ0v) is 8.32. The zero-order chi connectivity index (χ0) is 10.7. The first-order chi connectivity index (χ1) is 7.35. The molecule has 0 aromatic rings. The lowest BCUT2D eigenvalue weighted by Crippen LogP contribution is -2.57. The maximum Gasteiger partial charge on any atom is 0.0528 e. The van der Waals surface area contributed by atoms with E-state index in [1.807, 2.05) is 0 Å². The number of fused-ring (bicyclic) bond motifs is 2. The van der Waals surface area contributed by atoms with E-state index in [2.05, 4.69) is 25.4 Å². The highest BCUT2D eigenvalue weighted by Crippen LogP contribution is 2.29. The molecular formula is C8H13N7. The van der Waals surface area contributed by atoms with Crippen LogP contribution in [0.15, 0.2) is 10.2 Å². The summed E-state index contributed by atoms with van der Waals surface area (Å²) in [7, 11) is 0. The van der Waals surface area contributed by atoms with Crippen LogP contribution in [-0.4, -0.2) is 24.2 Å². The highest BCUT2D eigenvalue weighted by Gasteiger charge is 2.37. The Morgan fingerprint density at radius 2 is 1.33 bits per heavy atom. The summed E-state index contributed by atoms with van der Waals surface area (Å²) in [5, 5.41) is 11.0. The van der Waals surface area contributed by atoms with E-state index in [9.17, 15) is 0 Å². The average molecular weight is 207 g/mol. The molecule has 0 aliphatic carbocycles. The highest BCUT2D eigenvalue weighted by molar-refractivity contribution is 5.00. The molecule has 80 valence electrons. The first-order valence-corrected chi connectivity index (χ1v) is 5.19. The standard InChI is InChI=1S/C8H13N7/c9-14-12-7-3-1-5-8(13-15-10)4-2-6(7)11-5/h5-8,11H,1-4H2. The van der Waals surface area contributed by atoms with Crippen molar-refractivity contribution in [1.29, 1.82) is 0 Å². The second-order valence-electron chi connectivity index (χ2n) is 4.08. The molecule has 2 aliphatic heterocycles. The lowest BCUT2D eigenvalue weighted by Gasteiger charge is -2.42. The molecule has 2 rings (SSSR count). The van der Waals surface area contributed by atoms with Crippen LogP contribution < -0.4 is 5.32 Å². The molecule has 0 saturated carbocycles. The third-order valence-electron chi connectivity index (χ3n) is 3.30. The van der Waals surface area contributed by atoms with Gasteiger partial charge in [0.15, 0.2) is 0 Å². The Labute approximate surface area is 87.1 Å². The van der Waals surface area contributed by atoms with Crippen molar-refractivity contribution >= 4 is 0 Å². The number of azide groups is 2. The van der Waals surface area contributed by atoms with E-state index in [1.165, 1.54) is 0 Å². The minimum atomic E-state index is 0.0678. The molecule has 2 fully saturated rings. The van der Waals surface area contributed by atoms with Crippen LogP contribution >= 0.6 is 0 Å². The Kier molecular flexibility index (Phi) is 2.97. The van der Waals surface area contributed by atoms with Crippen molar-refractivity contribution in [2.24, 2.45) is 10.2 Å². The molecule has 2 heterocycles. The molecular weight excluding hydrogens is 194 g/mol. The van der Waals surface area contributed by atoms with Crippen LogP contribution in [0.2, 0.25) is 0 Å². The fraction of sp³-hybridized carbons (Fsp3) is 1.00. The quantitative estimate of drug-likeness (QED) is 0.418. The van der Waals surface area contributed by atoms with Gasteiger partial charge < -0.3 is 5.32 Å². The summed E-state index contributed by atoms with van der Waals surface area (Å²) in [6, 6.07) is 0.672. The monoisotopic (exact) mass is 207 g/mol. The normalized spacial score (nSPS) is 38.7. The molecule has 0 aromatic carbocycles. The van der Waals surface area contributed by atoms with Gasteiger partial charge in [0, 0.05) is 21.9 Å². The van der Waals surface area contributed by atoms with Gasteiger partial charge in [-0.25, -0.2) is 0 Å². The first-order valence-electron chi connectivity index (χ1n) is 5.19. The molecule has 0 spiro atoms. The average Bonchev–Trinajstić information content (AvgIpc) is 2.26. The van der Waals surface area contributed by atoms with E-state index >= 15 is 0 Å². The van der Waals surface area contributed by atoms with E-state index in [0.717, 1.165) is 25.7 Å². The topological polar surface area (TPSA) is 110 Å². The second kappa shape index (κ2) is 4.40. The maximum atomic E-state index is 8.42. The summed E-state index contributed by atoms with van der Waals surface area (Å²) < 4.78 is 0. The van der Waals surface area contributed by atoms with E-state index < -0.39 is 0 Å². The number of hydrogen-bond donors (Lipinski definition) is 1. The molecule has 2 aliphatic rings. The first kappa shape index (κ1) is 10.1. The second-order valence-corrected chi connectivity index (χ2v) is 4.08. The SMILES string of the molecule is [N-]=[N+]=NC1CCC2NC1CCC2N=[N+]=[N-]. The van der Waals surface area contributed by atoms with Crippen molar-refractivity contribution in [3.8, 4) is 0 Å². The molecule has 0 radical (unpaired) electrons. The molecule has 2 saturated heterocycles. The molecule has 1 N–H and O–H groups in total. The van der Waals surface area contributed by atoms with Crippen LogP contribution in [-0.2, 0) is 0 Å². The fourth-order valence-electron chi connectivity index (χ4n) is 2.56. The molecule has 7 nitrogen and oxygen atoms in total. The van der Waals surface area contributed by atoms with Gasteiger partial charge in [0.2, 0.25) is 0 Å². The van der Waals surface area contributed by atoms with Crippen LogP contribution in [0.3, 0.4) is 0 Å². The van der Waals surface area contributed by atoms with E-state index in [4.69, 9.17) is 11.1 Å². The number of nitrogens with one attached hydrogen (secondary N) is 1. The van der Waals surface area contributed by atoms with Gasteiger partial charge in [-0.1, -0.05) is 10.2 Å². The molecule has 0 amide bonds. The van der Waals surface area contributed by atoms with Gasteiger partial charge in [0.05, 0.1) is 12.1 Å². The smallest absolute Gasteiger partial charge is 0.0528 e. The number of hydrogen-bond acceptors (Lipinski definition) is 3. The van der Waals surface area contributed by atoms with Crippen molar-refractivity contribution in [1.82, 2.24) is 5.32 Å². The van der Waals surface area contributed by atoms with Gasteiger partial charge in [-0.3, -0.25) is 0 Å². The summed E-state index contributed by atoms with van der Waals surface area (Å²) >= 11 is 0. The van der Waals surface area contributed by atoms with Crippen LogP contribution in [0.4, 0.5) is 0 Å².